The van der Waals surface area contributed by atoms with E-state index in [1.165, 1.54) is 27.6 Å². The van der Waals surface area contributed by atoms with Gasteiger partial charge in [0.15, 0.2) is 0 Å². The lowest BCUT2D eigenvalue weighted by atomic mass is 9.93. The van der Waals surface area contributed by atoms with Gasteiger partial charge >= 0.3 is 0 Å². The molecule has 4 heteroatoms. The molecule has 0 N–H and O–H groups in total. The maximum atomic E-state index is 4.93. The van der Waals surface area contributed by atoms with Crippen molar-refractivity contribution < 1.29 is 0 Å². The summed E-state index contributed by atoms with van der Waals surface area (Å²) in [5.41, 5.74) is 9.06. The van der Waals surface area contributed by atoms with Crippen molar-refractivity contribution >= 4 is 38.4 Å². The molecule has 4 aromatic heterocycles. The fraction of sp³-hybridized carbons (Fsp3) is 0.0800. The molecule has 0 radical (unpaired) electrons. The van der Waals surface area contributed by atoms with E-state index in [1.807, 2.05) is 30.9 Å². The highest BCUT2D eigenvalue weighted by Gasteiger charge is 2.16. The van der Waals surface area contributed by atoms with Crippen LogP contribution in [0.2, 0.25) is 0 Å². The second-order valence-corrected chi connectivity index (χ2v) is 7.56. The molecule has 0 bridgehead atoms. The van der Waals surface area contributed by atoms with Crippen molar-refractivity contribution in [2.75, 3.05) is 0 Å². The van der Waals surface area contributed by atoms with Crippen LogP contribution in [0, 0.1) is 13.8 Å². The first-order valence-electron chi connectivity index (χ1n) is 9.70. The monoisotopic (exact) mass is 374 g/mol. The van der Waals surface area contributed by atoms with Gasteiger partial charge in [-0.1, -0.05) is 24.3 Å². The number of hydrogen-bond acceptors (Lipinski definition) is 3. The van der Waals surface area contributed by atoms with Crippen molar-refractivity contribution in [1.82, 2.24) is 19.4 Å². The predicted octanol–water partition coefficient (Wildman–Crippen LogP) is 5.87. The van der Waals surface area contributed by atoms with E-state index in [2.05, 4.69) is 70.7 Å². The largest absolute Gasteiger partial charge is 0.291 e. The van der Waals surface area contributed by atoms with Crippen LogP contribution in [0.4, 0.5) is 0 Å². The van der Waals surface area contributed by atoms with Crippen LogP contribution >= 0.6 is 0 Å². The Morgan fingerprint density at radius 2 is 1.48 bits per heavy atom. The van der Waals surface area contributed by atoms with E-state index in [4.69, 9.17) is 4.98 Å². The van der Waals surface area contributed by atoms with Crippen molar-refractivity contribution in [3.8, 4) is 11.1 Å². The van der Waals surface area contributed by atoms with E-state index in [-0.39, 0.29) is 0 Å². The number of fused-ring (bicyclic) bond motifs is 8. The maximum Gasteiger partial charge on any atom is 0.146 e. The summed E-state index contributed by atoms with van der Waals surface area (Å²) in [4.78, 5) is 13.6. The van der Waals surface area contributed by atoms with Crippen LogP contribution in [0.15, 0.2) is 73.3 Å². The molecule has 0 spiro atoms. The number of nitrogens with zero attached hydrogens (tertiary/aromatic N) is 4. The minimum absolute atomic E-state index is 0.902. The van der Waals surface area contributed by atoms with E-state index in [0.29, 0.717) is 0 Å². The van der Waals surface area contributed by atoms with Crippen LogP contribution in [0.5, 0.6) is 0 Å². The number of imidazole rings is 1. The highest BCUT2D eigenvalue weighted by atomic mass is 15.0. The molecule has 0 atom stereocenters. The Kier molecular flexibility index (Phi) is 3.27. The van der Waals surface area contributed by atoms with Gasteiger partial charge in [0.2, 0.25) is 0 Å². The fourth-order valence-electron chi connectivity index (χ4n) is 4.43. The molecule has 0 aliphatic carbocycles. The van der Waals surface area contributed by atoms with Crippen molar-refractivity contribution in [1.29, 1.82) is 0 Å². The lowest BCUT2D eigenvalue weighted by Gasteiger charge is -2.14. The third-order valence-corrected chi connectivity index (χ3v) is 5.83. The molecule has 2 aromatic carbocycles. The second-order valence-electron chi connectivity index (χ2n) is 7.56. The lowest BCUT2D eigenvalue weighted by Crippen LogP contribution is -1.94. The zero-order valence-electron chi connectivity index (χ0n) is 16.2. The van der Waals surface area contributed by atoms with Gasteiger partial charge in [-0.15, -0.1) is 0 Å². The molecule has 29 heavy (non-hydrogen) atoms. The third-order valence-electron chi connectivity index (χ3n) is 5.83. The molecular weight excluding hydrogens is 356 g/mol. The normalized spacial score (nSPS) is 11.8. The Morgan fingerprint density at radius 3 is 2.34 bits per heavy atom. The Morgan fingerprint density at radius 1 is 0.690 bits per heavy atom. The molecule has 0 aliphatic heterocycles. The summed E-state index contributed by atoms with van der Waals surface area (Å²) >= 11 is 0. The van der Waals surface area contributed by atoms with Crippen molar-refractivity contribution in [3.05, 3.63) is 84.4 Å². The van der Waals surface area contributed by atoms with Crippen molar-refractivity contribution in [3.63, 3.8) is 0 Å². The Hall–Kier alpha value is -3.79. The molecular formula is C25H18N4. The first-order chi connectivity index (χ1) is 14.2. The quantitative estimate of drug-likeness (QED) is 0.338. The Balaban J connectivity index is 1.85. The molecule has 0 fully saturated rings. The third kappa shape index (κ3) is 2.23. The molecule has 138 valence electrons. The van der Waals surface area contributed by atoms with Gasteiger partial charge < -0.3 is 0 Å². The minimum atomic E-state index is 0.902. The lowest BCUT2D eigenvalue weighted by molar-refractivity contribution is 1.28. The van der Waals surface area contributed by atoms with Crippen LogP contribution in [0.1, 0.15) is 11.1 Å². The van der Waals surface area contributed by atoms with Gasteiger partial charge in [0.1, 0.15) is 11.2 Å². The molecule has 0 saturated carbocycles. The maximum absolute atomic E-state index is 4.93. The average molecular weight is 374 g/mol. The molecule has 0 amide bonds. The summed E-state index contributed by atoms with van der Waals surface area (Å²) < 4.78 is 2.23. The molecule has 4 nitrogen and oxygen atoms in total. The van der Waals surface area contributed by atoms with Gasteiger partial charge in [0.05, 0.1) is 17.2 Å². The van der Waals surface area contributed by atoms with Gasteiger partial charge in [-0.2, -0.15) is 0 Å². The average Bonchev–Trinajstić information content (AvgIpc) is 3.14. The van der Waals surface area contributed by atoms with Crippen LogP contribution in [-0.4, -0.2) is 19.4 Å². The number of aryl methyl sites for hydroxylation is 2. The minimum Gasteiger partial charge on any atom is -0.291 e. The van der Waals surface area contributed by atoms with Crippen molar-refractivity contribution in [2.24, 2.45) is 0 Å². The summed E-state index contributed by atoms with van der Waals surface area (Å²) in [6.45, 7) is 4.34. The van der Waals surface area contributed by atoms with E-state index in [9.17, 15) is 0 Å². The van der Waals surface area contributed by atoms with Crippen LogP contribution in [-0.2, 0) is 0 Å². The summed E-state index contributed by atoms with van der Waals surface area (Å²) in [7, 11) is 0. The topological polar surface area (TPSA) is 43.1 Å². The summed E-state index contributed by atoms with van der Waals surface area (Å²) in [5.74, 6) is 0. The highest BCUT2D eigenvalue weighted by molar-refractivity contribution is 6.14. The molecule has 0 aliphatic rings. The molecule has 0 saturated heterocycles. The van der Waals surface area contributed by atoms with E-state index >= 15 is 0 Å². The summed E-state index contributed by atoms with van der Waals surface area (Å²) in [6, 6.07) is 17.2. The number of rotatable bonds is 1. The number of pyridine rings is 3. The zero-order valence-corrected chi connectivity index (χ0v) is 16.2. The molecule has 4 heterocycles. The number of hydrogen-bond donors (Lipinski definition) is 0. The zero-order chi connectivity index (χ0) is 19.5. The predicted molar refractivity (Wildman–Crippen MR) is 118 cm³/mol. The summed E-state index contributed by atoms with van der Waals surface area (Å²) in [6.07, 6.45) is 7.45. The van der Waals surface area contributed by atoms with E-state index < -0.39 is 0 Å². The Labute approximate surface area is 167 Å². The molecule has 6 rings (SSSR count). The van der Waals surface area contributed by atoms with E-state index in [1.54, 1.807) is 0 Å². The second kappa shape index (κ2) is 5.85. The highest BCUT2D eigenvalue weighted by Crippen LogP contribution is 2.36. The van der Waals surface area contributed by atoms with Crippen molar-refractivity contribution in [2.45, 2.75) is 13.8 Å². The standard InChI is InChI=1S/C25H18N4/c1-15-5-3-4-6-17(15)18-12-19-20(11-16(18)2)25-28-22-14-27-10-8-24(22)29(25)23-7-9-26-13-21(19)23/h3-14H,1-2H3. The van der Waals surface area contributed by atoms with Gasteiger partial charge in [0, 0.05) is 29.4 Å². The SMILES string of the molecule is Cc1ccccc1-c1cc2c3cnccc3n3c4ccncc4nc3c2cc1C. The van der Waals surface area contributed by atoms with E-state index in [0.717, 1.165) is 33.0 Å². The first-order valence-corrected chi connectivity index (χ1v) is 9.70. The van der Waals surface area contributed by atoms with Crippen LogP contribution in [0.3, 0.4) is 0 Å². The summed E-state index contributed by atoms with van der Waals surface area (Å²) in [5, 5.41) is 3.44. The number of aromatic nitrogens is 4. The number of benzene rings is 2. The van der Waals surface area contributed by atoms with Crippen LogP contribution in [0.25, 0.3) is 49.5 Å². The Bertz CT molecular complexity index is 1580. The molecule has 6 aromatic rings. The fourth-order valence-corrected chi connectivity index (χ4v) is 4.43. The smallest absolute Gasteiger partial charge is 0.146 e. The van der Waals surface area contributed by atoms with Gasteiger partial charge in [-0.25, -0.2) is 4.98 Å². The van der Waals surface area contributed by atoms with Gasteiger partial charge in [-0.05, 0) is 65.8 Å². The van der Waals surface area contributed by atoms with Gasteiger partial charge in [-0.3, -0.25) is 14.4 Å². The first kappa shape index (κ1) is 16.2. The molecule has 0 unspecified atom stereocenters. The van der Waals surface area contributed by atoms with Gasteiger partial charge in [0.25, 0.3) is 0 Å². The van der Waals surface area contributed by atoms with Crippen LogP contribution < -0.4 is 0 Å².